The molecule has 6 nitrogen and oxygen atoms in total. The van der Waals surface area contributed by atoms with Crippen LogP contribution in [-0.4, -0.2) is 53.0 Å². The largest absolute Gasteiger partial charge is 0.573 e. The Balaban J connectivity index is 0.00000336. The maximum Gasteiger partial charge on any atom is 0.573 e. The van der Waals surface area contributed by atoms with E-state index in [1.165, 1.54) is 24.3 Å². The number of benzene rings is 3. The van der Waals surface area contributed by atoms with Crippen LogP contribution in [0.25, 0.3) is 22.0 Å². The predicted octanol–water partition coefficient (Wildman–Crippen LogP) is 5.90. The Morgan fingerprint density at radius 3 is 2.24 bits per heavy atom. The summed E-state index contributed by atoms with van der Waals surface area (Å²) >= 11 is 0. The number of amides is 1. The number of alkyl halides is 3. The molecule has 2 heterocycles. The summed E-state index contributed by atoms with van der Waals surface area (Å²) in [5.74, 6) is 0.402. The first kappa shape index (κ1) is 27.2. The van der Waals surface area contributed by atoms with Gasteiger partial charge < -0.3 is 14.5 Å². The molecule has 0 aliphatic carbocycles. The zero-order chi connectivity index (χ0) is 26.0. The number of anilines is 1. The molecule has 10 heteroatoms. The van der Waals surface area contributed by atoms with E-state index in [0.29, 0.717) is 25.2 Å². The highest BCUT2D eigenvalue weighted by Crippen LogP contribution is 2.33. The highest BCUT2D eigenvalue weighted by atomic mass is 35.5. The molecule has 1 saturated heterocycles. The monoisotopic (exact) mass is 542 g/mol. The second kappa shape index (κ2) is 11.3. The van der Waals surface area contributed by atoms with E-state index < -0.39 is 6.36 Å². The van der Waals surface area contributed by atoms with Gasteiger partial charge in [0.05, 0.1) is 6.42 Å². The molecule has 0 N–H and O–H groups in total. The summed E-state index contributed by atoms with van der Waals surface area (Å²) < 4.78 is 41.0. The standard InChI is InChI=1S/C28H25F3N4O2.ClH/c1-19-18-34(25(36)17-20-11-13-22(14-12-20)37-28(29,30)31)15-16-35(19)27-24-10-6-5-9-23(24)26(32-33-27)21-7-3-2-4-8-21;/h2-14,19H,15-18H2,1H3;1H/t19-;/m0./s1. The molecule has 1 aliphatic rings. The van der Waals surface area contributed by atoms with Crippen LogP contribution in [0.1, 0.15) is 12.5 Å². The minimum atomic E-state index is -4.75. The van der Waals surface area contributed by atoms with Gasteiger partial charge in [0, 0.05) is 42.0 Å². The predicted molar refractivity (Wildman–Crippen MR) is 142 cm³/mol. The van der Waals surface area contributed by atoms with Gasteiger partial charge in [0.2, 0.25) is 5.91 Å². The number of nitrogens with zero attached hydrogens (tertiary/aromatic N) is 4. The smallest absolute Gasteiger partial charge is 0.406 e. The summed E-state index contributed by atoms with van der Waals surface area (Å²) in [6.07, 6.45) is -4.64. The Labute approximate surface area is 224 Å². The zero-order valence-electron chi connectivity index (χ0n) is 20.6. The van der Waals surface area contributed by atoms with Crippen LogP contribution in [-0.2, 0) is 11.2 Å². The van der Waals surface area contributed by atoms with Gasteiger partial charge in [-0.15, -0.1) is 35.8 Å². The van der Waals surface area contributed by atoms with Crippen LogP contribution >= 0.6 is 12.4 Å². The molecule has 0 spiro atoms. The summed E-state index contributed by atoms with van der Waals surface area (Å²) in [5, 5.41) is 11.2. The first-order valence-electron chi connectivity index (χ1n) is 12.0. The summed E-state index contributed by atoms with van der Waals surface area (Å²) in [7, 11) is 0. The lowest BCUT2D eigenvalue weighted by molar-refractivity contribution is -0.274. The number of aromatic nitrogens is 2. The van der Waals surface area contributed by atoms with E-state index in [4.69, 9.17) is 0 Å². The normalized spacial score (nSPS) is 15.7. The van der Waals surface area contributed by atoms with Gasteiger partial charge in [-0.2, -0.15) is 0 Å². The fraction of sp³-hybridized carbons (Fsp3) is 0.250. The van der Waals surface area contributed by atoms with Gasteiger partial charge in [0.1, 0.15) is 11.4 Å². The summed E-state index contributed by atoms with van der Waals surface area (Å²) in [5.41, 5.74) is 2.45. The van der Waals surface area contributed by atoms with Crippen molar-refractivity contribution in [1.29, 1.82) is 0 Å². The van der Waals surface area contributed by atoms with Crippen LogP contribution in [0, 0.1) is 0 Å². The van der Waals surface area contributed by atoms with E-state index in [2.05, 4.69) is 19.8 Å². The Hall–Kier alpha value is -3.85. The molecular formula is C28H26ClF3N4O2. The van der Waals surface area contributed by atoms with Crippen molar-refractivity contribution in [2.45, 2.75) is 25.7 Å². The number of ether oxygens (including phenoxy) is 1. The molecule has 1 aliphatic heterocycles. The van der Waals surface area contributed by atoms with Crippen molar-refractivity contribution in [2.24, 2.45) is 0 Å². The van der Waals surface area contributed by atoms with E-state index in [9.17, 15) is 18.0 Å². The first-order chi connectivity index (χ1) is 17.8. The minimum Gasteiger partial charge on any atom is -0.406 e. The molecule has 38 heavy (non-hydrogen) atoms. The van der Waals surface area contributed by atoms with Gasteiger partial charge in [-0.25, -0.2) is 0 Å². The number of fused-ring (bicyclic) bond motifs is 1. The van der Waals surface area contributed by atoms with Crippen LogP contribution in [0.3, 0.4) is 0 Å². The molecule has 0 unspecified atom stereocenters. The summed E-state index contributed by atoms with van der Waals surface area (Å²) in [4.78, 5) is 16.9. The number of hydrogen-bond acceptors (Lipinski definition) is 5. The summed E-state index contributed by atoms with van der Waals surface area (Å²) in [6.45, 7) is 3.65. The molecule has 1 aromatic heterocycles. The maximum absolute atomic E-state index is 13.0. The van der Waals surface area contributed by atoms with Crippen molar-refractivity contribution in [3.05, 3.63) is 84.4 Å². The molecule has 0 radical (unpaired) electrons. The van der Waals surface area contributed by atoms with Crippen LogP contribution in [0.15, 0.2) is 78.9 Å². The van der Waals surface area contributed by atoms with E-state index >= 15 is 0 Å². The fourth-order valence-electron chi connectivity index (χ4n) is 4.71. The highest BCUT2D eigenvalue weighted by Gasteiger charge is 2.31. The van der Waals surface area contributed by atoms with Crippen molar-refractivity contribution in [2.75, 3.05) is 24.5 Å². The molecule has 0 bridgehead atoms. The third-order valence-corrected chi connectivity index (χ3v) is 6.48. The number of piperazine rings is 1. The molecule has 1 fully saturated rings. The van der Waals surface area contributed by atoms with Gasteiger partial charge in [0.25, 0.3) is 0 Å². The summed E-state index contributed by atoms with van der Waals surface area (Å²) in [6, 6.07) is 23.4. The average Bonchev–Trinajstić information content (AvgIpc) is 2.89. The maximum atomic E-state index is 13.0. The van der Waals surface area contributed by atoms with Gasteiger partial charge in [-0.1, -0.05) is 66.7 Å². The van der Waals surface area contributed by atoms with Crippen molar-refractivity contribution in [3.63, 3.8) is 0 Å². The lowest BCUT2D eigenvalue weighted by atomic mass is 10.0. The van der Waals surface area contributed by atoms with Crippen molar-refractivity contribution in [1.82, 2.24) is 15.1 Å². The molecule has 1 amide bonds. The average molecular weight is 543 g/mol. The SMILES string of the molecule is C[C@H]1CN(C(=O)Cc2ccc(OC(F)(F)F)cc2)CCN1c1nnc(-c2ccccc2)c2ccccc12.Cl. The third kappa shape index (κ3) is 5.99. The van der Waals surface area contributed by atoms with Crippen LogP contribution in [0.4, 0.5) is 19.0 Å². The quantitative estimate of drug-likeness (QED) is 0.314. The number of rotatable bonds is 5. The Kier molecular flexibility index (Phi) is 8.06. The Bertz CT molecular complexity index is 1400. The topological polar surface area (TPSA) is 58.6 Å². The van der Waals surface area contributed by atoms with Crippen molar-refractivity contribution >= 4 is 34.9 Å². The van der Waals surface area contributed by atoms with Crippen LogP contribution in [0.2, 0.25) is 0 Å². The Morgan fingerprint density at radius 1 is 0.921 bits per heavy atom. The van der Waals surface area contributed by atoms with Gasteiger partial charge >= 0.3 is 6.36 Å². The van der Waals surface area contributed by atoms with Crippen LogP contribution < -0.4 is 9.64 Å². The molecule has 4 aromatic rings. The molecular weight excluding hydrogens is 517 g/mol. The number of carbonyl (C=O) groups excluding carboxylic acids is 1. The lowest BCUT2D eigenvalue weighted by Gasteiger charge is -2.40. The lowest BCUT2D eigenvalue weighted by Crippen LogP contribution is -2.54. The van der Waals surface area contributed by atoms with E-state index in [-0.39, 0.29) is 36.5 Å². The second-order valence-corrected chi connectivity index (χ2v) is 9.03. The number of hydrogen-bond donors (Lipinski definition) is 0. The Morgan fingerprint density at radius 2 is 1.58 bits per heavy atom. The number of carbonyl (C=O) groups is 1. The van der Waals surface area contributed by atoms with E-state index in [1.807, 2.05) is 61.5 Å². The zero-order valence-corrected chi connectivity index (χ0v) is 21.4. The molecule has 0 saturated carbocycles. The van der Waals surface area contributed by atoms with Crippen molar-refractivity contribution in [3.8, 4) is 17.0 Å². The van der Waals surface area contributed by atoms with Gasteiger partial charge in [0.15, 0.2) is 5.82 Å². The molecule has 5 rings (SSSR count). The van der Waals surface area contributed by atoms with Crippen LogP contribution in [0.5, 0.6) is 5.75 Å². The molecule has 3 aromatic carbocycles. The second-order valence-electron chi connectivity index (χ2n) is 9.03. The van der Waals surface area contributed by atoms with E-state index in [0.717, 1.165) is 27.8 Å². The molecule has 1 atom stereocenters. The third-order valence-electron chi connectivity index (χ3n) is 6.48. The highest BCUT2D eigenvalue weighted by molar-refractivity contribution is 6.00. The van der Waals surface area contributed by atoms with Gasteiger partial charge in [-0.3, -0.25) is 4.79 Å². The number of halogens is 4. The fourth-order valence-corrected chi connectivity index (χ4v) is 4.71. The first-order valence-corrected chi connectivity index (χ1v) is 12.0. The molecule has 198 valence electrons. The van der Waals surface area contributed by atoms with Gasteiger partial charge in [-0.05, 0) is 24.6 Å². The minimum absolute atomic E-state index is 0. The van der Waals surface area contributed by atoms with Crippen molar-refractivity contribution < 1.29 is 22.7 Å². The van der Waals surface area contributed by atoms with E-state index in [1.54, 1.807) is 4.90 Å².